The second-order valence-electron chi connectivity index (χ2n) is 22.6. The number of aliphatic carboxylic acids is 1. The van der Waals surface area contributed by atoms with E-state index in [1.807, 2.05) is 65.8 Å². The number of carboxylic acids is 1. The van der Waals surface area contributed by atoms with Crippen LogP contribution in [0.1, 0.15) is 223 Å². The van der Waals surface area contributed by atoms with E-state index in [0.29, 0.717) is 56.1 Å². The van der Waals surface area contributed by atoms with Crippen LogP contribution in [0.2, 0.25) is 0 Å². The second-order valence-corrected chi connectivity index (χ2v) is 22.6. The highest BCUT2D eigenvalue weighted by Crippen LogP contribution is 2.37. The number of hydrogen-bond acceptors (Lipinski definition) is 8. The number of esters is 3. The number of carbonyl (C=O) groups excluding carboxylic acids is 3. The van der Waals surface area contributed by atoms with Gasteiger partial charge in [0.1, 0.15) is 35.5 Å². The number of rotatable bonds is 23. The van der Waals surface area contributed by atoms with Crippen molar-refractivity contribution < 1.29 is 96.3 Å². The molecule has 2 unspecified atom stereocenters. The predicted octanol–water partition coefficient (Wildman–Crippen LogP) is 20.8. The number of alkyl halides is 12. The molecule has 484 valence electrons. The molecule has 0 heterocycles. The van der Waals surface area contributed by atoms with E-state index in [9.17, 15) is 77.0 Å². The van der Waals surface area contributed by atoms with E-state index in [0.717, 1.165) is 29.0 Å². The molecule has 0 radical (unpaired) electrons. The molecule has 4 aromatic rings. The Kier molecular flexibility index (Phi) is 32.8. The fraction of sp³-hybridized carbons (Fsp3) is 0.625. The lowest BCUT2D eigenvalue weighted by Gasteiger charge is -2.35. The quantitative estimate of drug-likeness (QED) is 0.0423. The predicted molar refractivity (Wildman–Crippen MR) is 308 cm³/mol. The average molecular weight is 1230 g/mol. The molecule has 0 bridgehead atoms. The van der Waals surface area contributed by atoms with E-state index in [2.05, 4.69) is 45.9 Å². The van der Waals surface area contributed by atoms with E-state index in [-0.39, 0.29) is 43.4 Å². The molecule has 0 aliphatic rings. The Balaban J connectivity index is 0.00000107. The first kappa shape index (κ1) is 79.2. The van der Waals surface area contributed by atoms with Gasteiger partial charge in [0.15, 0.2) is 0 Å². The Morgan fingerprint density at radius 1 is 0.447 bits per heavy atom. The molecule has 0 fully saturated rings. The second kappa shape index (κ2) is 35.1. The standard InChI is InChI=1S/C17H17F3O2.2C15H27F3O2.C14H16O.C3H3F3O2/c1-3-11(2)12-4-5-14-9-15(7-6-13(14)8-12)22-16(21)10-17(18,19)20;2*1-6-13(4,5)12(19)20-14(7-2,8-3)10-9-11-15(16,17)18;1-3-10(2)11-4-5-13-9-14(15)7-6-12(13)8-11;4-3(5,6)1-2(7)8/h4-9,11H,3,10H2,1-2H3;2*6-11H2,1-5H3;4-10,15H,3H2,1-2H3;1H2,(H,7,8). The number of fused-ring (bicyclic) bond motifs is 2. The van der Waals surface area contributed by atoms with E-state index < -0.39 is 84.4 Å². The van der Waals surface area contributed by atoms with Crippen molar-refractivity contribution in [3.05, 3.63) is 83.9 Å². The van der Waals surface area contributed by atoms with Gasteiger partial charge in [-0.1, -0.05) is 118 Å². The fourth-order valence-electron chi connectivity index (χ4n) is 7.92. The van der Waals surface area contributed by atoms with Crippen LogP contribution in [0.4, 0.5) is 52.7 Å². The number of phenols is 1. The van der Waals surface area contributed by atoms with Crippen LogP contribution in [0, 0.1) is 10.8 Å². The highest BCUT2D eigenvalue weighted by Gasteiger charge is 2.40. The van der Waals surface area contributed by atoms with Crippen molar-refractivity contribution in [2.45, 2.75) is 247 Å². The number of aromatic hydroxyl groups is 1. The van der Waals surface area contributed by atoms with Crippen LogP contribution in [-0.4, -0.2) is 70.0 Å². The zero-order valence-electron chi connectivity index (χ0n) is 51.7. The van der Waals surface area contributed by atoms with Crippen LogP contribution in [0.3, 0.4) is 0 Å². The molecule has 0 spiro atoms. The Morgan fingerprint density at radius 3 is 1.09 bits per heavy atom. The van der Waals surface area contributed by atoms with Crippen molar-refractivity contribution in [3.63, 3.8) is 0 Å². The van der Waals surface area contributed by atoms with Crippen LogP contribution in [-0.2, 0) is 28.7 Å². The number of carboxylic acid groups (broad SMARTS) is 1. The number of ether oxygens (including phenoxy) is 3. The maximum absolute atomic E-state index is 12.2. The number of benzene rings is 4. The van der Waals surface area contributed by atoms with Crippen molar-refractivity contribution in [1.29, 1.82) is 0 Å². The molecule has 2 N–H and O–H groups in total. The third-order valence-corrected chi connectivity index (χ3v) is 15.2. The molecular weight excluding hydrogens is 1140 g/mol. The summed E-state index contributed by atoms with van der Waals surface area (Å²) in [6.45, 7) is 27.0. The Morgan fingerprint density at radius 2 is 0.788 bits per heavy atom. The van der Waals surface area contributed by atoms with Gasteiger partial charge in [0.2, 0.25) is 0 Å². The summed E-state index contributed by atoms with van der Waals surface area (Å²) in [7, 11) is 0. The van der Waals surface area contributed by atoms with E-state index in [1.54, 1.807) is 52.0 Å². The summed E-state index contributed by atoms with van der Waals surface area (Å²) in [5, 5.41) is 21.0. The molecule has 0 aliphatic heterocycles. The lowest BCUT2D eigenvalue weighted by atomic mass is 9.87. The number of phenolic OH excluding ortho intramolecular Hbond substituents is 1. The van der Waals surface area contributed by atoms with Gasteiger partial charge >= 0.3 is 48.6 Å². The Labute approximate surface area is 493 Å². The summed E-state index contributed by atoms with van der Waals surface area (Å²) in [6, 6.07) is 22.7. The Bertz CT molecular complexity index is 2590. The summed E-state index contributed by atoms with van der Waals surface area (Å²) >= 11 is 0. The van der Waals surface area contributed by atoms with Crippen LogP contribution in [0.15, 0.2) is 72.8 Å². The first-order chi connectivity index (χ1) is 38.9. The van der Waals surface area contributed by atoms with Gasteiger partial charge in [0, 0.05) is 12.8 Å². The SMILES string of the molecule is CCC(C)c1ccc2cc(O)ccc2c1.CCC(C)c1ccc2cc(OC(=O)CC(F)(F)F)ccc2c1.CCC(CC)(CCCC(F)(F)F)OC(=O)C(C)(C)CC.CCC(CC)(CCCC(F)(F)F)OC(=O)C(C)(C)CC.O=C(O)CC(F)(F)F. The normalized spacial score (nSPS) is 13.1. The molecule has 0 saturated carbocycles. The maximum Gasteiger partial charge on any atom is 0.399 e. The van der Waals surface area contributed by atoms with Gasteiger partial charge in [-0.2, -0.15) is 52.7 Å². The number of hydrogen-bond donors (Lipinski definition) is 2. The Hall–Kier alpha value is -5.76. The molecule has 0 amide bonds. The molecule has 4 rings (SSSR count). The van der Waals surface area contributed by atoms with Crippen LogP contribution >= 0.6 is 0 Å². The van der Waals surface area contributed by atoms with Crippen molar-refractivity contribution >= 4 is 45.4 Å². The van der Waals surface area contributed by atoms with Gasteiger partial charge in [0.25, 0.3) is 0 Å². The van der Waals surface area contributed by atoms with Crippen molar-refractivity contribution in [3.8, 4) is 11.5 Å². The largest absolute Gasteiger partial charge is 0.508 e. The first-order valence-corrected chi connectivity index (χ1v) is 28.9. The smallest absolute Gasteiger partial charge is 0.399 e. The summed E-state index contributed by atoms with van der Waals surface area (Å²) < 4.78 is 158. The molecule has 0 aromatic heterocycles. The number of halogens is 12. The minimum atomic E-state index is -4.58. The lowest BCUT2D eigenvalue weighted by molar-refractivity contribution is -0.175. The highest BCUT2D eigenvalue weighted by molar-refractivity contribution is 5.86. The molecule has 2 atom stereocenters. The number of carbonyl (C=O) groups is 4. The van der Waals surface area contributed by atoms with E-state index >= 15 is 0 Å². The summed E-state index contributed by atoms with van der Waals surface area (Å²) in [6.07, 6.45) is -16.4. The molecule has 0 aliphatic carbocycles. The minimum absolute atomic E-state index is 0.00892. The van der Waals surface area contributed by atoms with E-state index in [4.69, 9.17) is 19.3 Å². The van der Waals surface area contributed by atoms with Crippen LogP contribution in [0.25, 0.3) is 21.5 Å². The van der Waals surface area contributed by atoms with Crippen molar-refractivity contribution in [2.75, 3.05) is 0 Å². The summed E-state index contributed by atoms with van der Waals surface area (Å²) in [5.41, 5.74) is -0.157. The zero-order valence-corrected chi connectivity index (χ0v) is 51.7. The van der Waals surface area contributed by atoms with Crippen molar-refractivity contribution in [2.24, 2.45) is 10.8 Å². The van der Waals surface area contributed by atoms with Gasteiger partial charge in [-0.15, -0.1) is 0 Å². The molecule has 21 heteroatoms. The molecule has 4 aromatic carbocycles. The van der Waals surface area contributed by atoms with Gasteiger partial charge < -0.3 is 24.4 Å². The first-order valence-electron chi connectivity index (χ1n) is 28.9. The monoisotopic (exact) mass is 1230 g/mol. The zero-order chi connectivity index (χ0) is 66.0. The van der Waals surface area contributed by atoms with Crippen molar-refractivity contribution in [1.82, 2.24) is 0 Å². The minimum Gasteiger partial charge on any atom is -0.508 e. The molecule has 85 heavy (non-hydrogen) atoms. The van der Waals surface area contributed by atoms with Gasteiger partial charge in [-0.25, -0.2) is 0 Å². The molecular formula is C64H90F12O9. The van der Waals surface area contributed by atoms with Gasteiger partial charge in [-0.3, -0.25) is 19.2 Å². The summed E-state index contributed by atoms with van der Waals surface area (Å²) in [5.74, 6) is -2.30. The van der Waals surface area contributed by atoms with Crippen LogP contribution < -0.4 is 4.74 Å². The molecule has 9 nitrogen and oxygen atoms in total. The lowest BCUT2D eigenvalue weighted by Crippen LogP contribution is -2.39. The maximum atomic E-state index is 12.2. The van der Waals surface area contributed by atoms with E-state index in [1.165, 1.54) is 22.6 Å². The van der Waals surface area contributed by atoms with Gasteiger partial charge in [-0.05, 0) is 174 Å². The third kappa shape index (κ3) is 31.5. The molecule has 0 saturated heterocycles. The highest BCUT2D eigenvalue weighted by atomic mass is 19.4. The summed E-state index contributed by atoms with van der Waals surface area (Å²) in [4.78, 5) is 44.8. The van der Waals surface area contributed by atoms with Gasteiger partial charge in [0.05, 0.1) is 10.8 Å². The van der Waals surface area contributed by atoms with Crippen LogP contribution in [0.5, 0.6) is 11.5 Å². The topological polar surface area (TPSA) is 136 Å². The third-order valence-electron chi connectivity index (χ3n) is 15.2. The average Bonchev–Trinajstić information content (AvgIpc) is 3.63. The fourth-order valence-corrected chi connectivity index (χ4v) is 7.92.